The summed E-state index contributed by atoms with van der Waals surface area (Å²) < 4.78 is 63.2. The third-order valence-electron chi connectivity index (χ3n) is 1.62. The summed E-state index contributed by atoms with van der Waals surface area (Å²) in [7, 11) is -9.33. The van der Waals surface area contributed by atoms with Crippen molar-refractivity contribution in [3.63, 3.8) is 0 Å². The van der Waals surface area contributed by atoms with Crippen LogP contribution in [0.5, 0.6) is 0 Å². The van der Waals surface area contributed by atoms with Crippen LogP contribution in [0.25, 0.3) is 0 Å². The van der Waals surface area contributed by atoms with E-state index < -0.39 is 32.8 Å². The Balaban J connectivity index is 0. The molecule has 0 aliphatic heterocycles. The molecule has 128 valence electrons. The number of carbonyl (C=O) groups is 1. The van der Waals surface area contributed by atoms with E-state index in [1.807, 2.05) is 30.3 Å². The average Bonchev–Trinajstić information content (AvgIpc) is 2.25. The van der Waals surface area contributed by atoms with Gasteiger partial charge in [0.05, 0.1) is 0 Å². The average molecular weight is 361 g/mol. The van der Waals surface area contributed by atoms with Crippen LogP contribution in [0.4, 0.5) is 0 Å². The Bertz CT molecular complexity index is 594. The smallest absolute Gasteiger partial charge is 0.394 e. The maximum atomic E-state index is 10.4. The van der Waals surface area contributed by atoms with Crippen LogP contribution >= 0.6 is 0 Å². The largest absolute Gasteiger partial charge is 0.480 e. The van der Waals surface area contributed by atoms with E-state index in [9.17, 15) is 4.79 Å². The lowest BCUT2D eigenvalue weighted by molar-refractivity contribution is -0.138. The molecule has 0 fully saturated rings. The number of benzene rings is 1. The van der Waals surface area contributed by atoms with Gasteiger partial charge in [-0.2, -0.15) is 16.8 Å². The minimum absolute atomic E-state index is 0.385. The summed E-state index contributed by atoms with van der Waals surface area (Å²) in [4.78, 5) is 10.4. The zero-order chi connectivity index (χ0) is 18.0. The first kappa shape index (κ1) is 22.7. The van der Waals surface area contributed by atoms with Gasteiger partial charge in [-0.1, -0.05) is 30.3 Å². The zero-order valence-electron chi connectivity index (χ0n) is 10.8. The molecule has 1 aromatic rings. The van der Waals surface area contributed by atoms with Crippen LogP contribution in [-0.4, -0.2) is 52.2 Å². The molecule has 0 aromatic heterocycles. The summed E-state index contributed by atoms with van der Waals surface area (Å²) in [6, 6.07) is 8.54. The molecule has 1 aromatic carbocycles. The molecule has 0 aliphatic carbocycles. The summed E-state index contributed by atoms with van der Waals surface area (Å²) >= 11 is 0. The van der Waals surface area contributed by atoms with Crippen LogP contribution < -0.4 is 5.73 Å². The van der Waals surface area contributed by atoms with E-state index in [2.05, 4.69) is 0 Å². The molecule has 0 saturated heterocycles. The predicted molar refractivity (Wildman–Crippen MR) is 74.1 cm³/mol. The minimum atomic E-state index is -4.67. The lowest BCUT2D eigenvalue weighted by atomic mass is 10.1. The van der Waals surface area contributed by atoms with Gasteiger partial charge in [0.15, 0.2) is 0 Å². The summed E-state index contributed by atoms with van der Waals surface area (Å²) in [5, 5.41) is 8.52. The van der Waals surface area contributed by atoms with Crippen molar-refractivity contribution in [2.45, 2.75) is 12.5 Å². The van der Waals surface area contributed by atoms with Crippen molar-refractivity contribution >= 4 is 26.8 Å². The van der Waals surface area contributed by atoms with Crippen LogP contribution in [0.1, 0.15) is 5.56 Å². The van der Waals surface area contributed by atoms with Crippen LogP contribution in [0.15, 0.2) is 30.3 Å². The van der Waals surface area contributed by atoms with Crippen molar-refractivity contribution in [3.8, 4) is 0 Å². The van der Waals surface area contributed by atoms with Crippen molar-refractivity contribution < 1.29 is 44.9 Å². The number of carboxylic acid groups (broad SMARTS) is 1. The molecule has 1 rings (SSSR count). The van der Waals surface area contributed by atoms with E-state index in [1.165, 1.54) is 0 Å². The Morgan fingerprint density at radius 2 is 1.27 bits per heavy atom. The number of aliphatic carboxylic acids is 1. The lowest BCUT2D eigenvalue weighted by Crippen LogP contribution is -2.32. The van der Waals surface area contributed by atoms with Gasteiger partial charge in [0.25, 0.3) is 0 Å². The normalized spacial score (nSPS) is 12.0. The van der Waals surface area contributed by atoms with E-state index in [4.69, 9.17) is 45.9 Å². The van der Waals surface area contributed by atoms with E-state index in [-0.39, 0.29) is 0 Å². The maximum Gasteiger partial charge on any atom is 0.394 e. The third-order valence-corrected chi connectivity index (χ3v) is 1.62. The summed E-state index contributed by atoms with van der Waals surface area (Å²) in [6.07, 6.45) is 0.385. The van der Waals surface area contributed by atoms with Crippen molar-refractivity contribution in [2.75, 3.05) is 0 Å². The highest BCUT2D eigenvalue weighted by atomic mass is 32.3. The number of rotatable bonds is 3. The Morgan fingerprint density at radius 1 is 0.955 bits per heavy atom. The predicted octanol–water partition coefficient (Wildman–Crippen LogP) is -0.665. The fourth-order valence-corrected chi connectivity index (χ4v) is 0.955. The fourth-order valence-electron chi connectivity index (χ4n) is 0.955. The molecule has 0 bridgehead atoms. The summed E-state index contributed by atoms with van der Waals surface area (Å²) in [6.45, 7) is 0. The Kier molecular flexibility index (Phi) is 10.5. The van der Waals surface area contributed by atoms with Gasteiger partial charge in [-0.15, -0.1) is 0 Å². The first-order valence-electron chi connectivity index (χ1n) is 5.12. The maximum absolute atomic E-state index is 10.4. The molecule has 0 spiro atoms. The summed E-state index contributed by atoms with van der Waals surface area (Å²) in [5.74, 6) is -0.959. The zero-order valence-corrected chi connectivity index (χ0v) is 12.5. The van der Waals surface area contributed by atoms with E-state index >= 15 is 0 Å². The molecule has 11 nitrogen and oxygen atoms in total. The Hall–Kier alpha value is -1.61. The second-order valence-corrected chi connectivity index (χ2v) is 5.32. The second kappa shape index (κ2) is 10.2. The van der Waals surface area contributed by atoms with E-state index in [0.717, 1.165) is 5.56 Å². The fraction of sp³-hybridized carbons (Fsp3) is 0.222. The molecule has 0 amide bonds. The van der Waals surface area contributed by atoms with Gasteiger partial charge in [0.1, 0.15) is 6.04 Å². The van der Waals surface area contributed by atoms with Crippen molar-refractivity contribution in [2.24, 2.45) is 5.73 Å². The first-order chi connectivity index (χ1) is 9.70. The number of hydrogen-bond acceptors (Lipinski definition) is 6. The van der Waals surface area contributed by atoms with Crippen molar-refractivity contribution in [1.82, 2.24) is 0 Å². The van der Waals surface area contributed by atoms with Crippen LogP contribution in [0, 0.1) is 0 Å². The second-order valence-electron chi connectivity index (χ2n) is 3.53. The number of nitrogens with two attached hydrogens (primary N) is 1. The molecule has 1 atom stereocenters. The minimum Gasteiger partial charge on any atom is -0.480 e. The molecule has 0 heterocycles. The van der Waals surface area contributed by atoms with E-state index in [0.29, 0.717) is 6.42 Å². The monoisotopic (exact) mass is 361 g/mol. The Morgan fingerprint density at radius 3 is 1.55 bits per heavy atom. The van der Waals surface area contributed by atoms with Gasteiger partial charge in [-0.05, 0) is 12.0 Å². The van der Waals surface area contributed by atoms with Crippen LogP contribution in [0.2, 0.25) is 0 Å². The van der Waals surface area contributed by atoms with Gasteiger partial charge in [-0.25, -0.2) is 0 Å². The molecular formula is C9H15NO10S2. The Labute approximate surface area is 126 Å². The van der Waals surface area contributed by atoms with Crippen LogP contribution in [-0.2, 0) is 32.0 Å². The van der Waals surface area contributed by atoms with Gasteiger partial charge in [-0.3, -0.25) is 23.0 Å². The molecule has 22 heavy (non-hydrogen) atoms. The molecule has 7 N–H and O–H groups in total. The number of hydrogen-bond donors (Lipinski definition) is 6. The highest BCUT2D eigenvalue weighted by Gasteiger charge is 2.10. The standard InChI is InChI=1S/C9H11NO2.2H2O4S/c10-8(9(11)12)6-7-4-2-1-3-5-7;2*1-5(2,3)4/h1-5,8H,6,10H2,(H,11,12);2*(H2,1,2,3,4). The lowest BCUT2D eigenvalue weighted by Gasteiger charge is -2.04. The summed E-state index contributed by atoms with van der Waals surface area (Å²) in [5.41, 5.74) is 6.30. The van der Waals surface area contributed by atoms with Gasteiger partial charge in [0.2, 0.25) is 0 Å². The quantitative estimate of drug-likeness (QED) is 0.371. The highest BCUT2D eigenvalue weighted by molar-refractivity contribution is 7.80. The molecular weight excluding hydrogens is 346 g/mol. The molecule has 0 saturated carbocycles. The molecule has 13 heteroatoms. The SMILES string of the molecule is NC(Cc1ccccc1)C(=O)O.O=S(=O)(O)O.O=S(=O)(O)O. The van der Waals surface area contributed by atoms with Crippen LogP contribution in [0.3, 0.4) is 0 Å². The van der Waals surface area contributed by atoms with E-state index in [1.54, 1.807) is 0 Å². The first-order valence-corrected chi connectivity index (χ1v) is 7.91. The van der Waals surface area contributed by atoms with Gasteiger partial charge in [0, 0.05) is 0 Å². The van der Waals surface area contributed by atoms with Crippen molar-refractivity contribution in [3.05, 3.63) is 35.9 Å². The van der Waals surface area contributed by atoms with Gasteiger partial charge >= 0.3 is 26.8 Å². The molecule has 0 aliphatic rings. The topological polar surface area (TPSA) is 213 Å². The van der Waals surface area contributed by atoms with Crippen molar-refractivity contribution in [1.29, 1.82) is 0 Å². The van der Waals surface area contributed by atoms with Gasteiger partial charge < -0.3 is 10.8 Å². The molecule has 0 radical (unpaired) electrons. The molecule has 1 unspecified atom stereocenters. The third kappa shape index (κ3) is 26.9. The highest BCUT2D eigenvalue weighted by Crippen LogP contribution is 2.01. The number of carboxylic acids is 1.